The van der Waals surface area contributed by atoms with Gasteiger partial charge in [-0.25, -0.2) is 0 Å². The molecule has 6 nitrogen and oxygen atoms in total. The smallest absolute Gasteiger partial charge is 0.306 e. The topological polar surface area (TPSA) is 78.9 Å². The van der Waals surface area contributed by atoms with E-state index < -0.39 is 6.10 Å². The number of ether oxygens (including phenoxy) is 3. The average Bonchev–Trinajstić information content (AvgIpc) is 2.98. The largest absolute Gasteiger partial charge is 0.462 e. The number of hydrogen-bond acceptors (Lipinski definition) is 6. The average molecular weight is 591 g/mol. The second kappa shape index (κ2) is 31.6. The highest BCUT2D eigenvalue weighted by Gasteiger charge is 2.19. The van der Waals surface area contributed by atoms with Gasteiger partial charge in [0.25, 0.3) is 0 Å². The fourth-order valence-electron chi connectivity index (χ4n) is 4.33. The third-order valence-electron chi connectivity index (χ3n) is 6.91. The Morgan fingerprint density at radius 3 is 1.45 bits per heavy atom. The van der Waals surface area contributed by atoms with E-state index in [-0.39, 0.29) is 31.1 Å². The highest BCUT2D eigenvalue weighted by molar-refractivity contribution is 5.71. The zero-order valence-corrected chi connectivity index (χ0v) is 27.3. The van der Waals surface area contributed by atoms with Gasteiger partial charge < -0.3 is 14.2 Å². The van der Waals surface area contributed by atoms with Crippen LogP contribution < -0.4 is 0 Å². The quantitative estimate of drug-likeness (QED) is 0.0373. The number of rotatable bonds is 29. The van der Waals surface area contributed by atoms with Crippen LogP contribution in [0.4, 0.5) is 0 Å². The third-order valence-corrected chi connectivity index (χ3v) is 6.91. The second-order valence-electron chi connectivity index (χ2n) is 11.1. The first-order valence-corrected chi connectivity index (χ1v) is 17.0. The van der Waals surface area contributed by atoms with Gasteiger partial charge in [-0.15, -0.1) is 0 Å². The van der Waals surface area contributed by atoms with Gasteiger partial charge in [0.1, 0.15) is 13.2 Å². The van der Waals surface area contributed by atoms with Gasteiger partial charge >= 0.3 is 17.9 Å². The summed E-state index contributed by atoms with van der Waals surface area (Å²) in [5.41, 5.74) is 0. The van der Waals surface area contributed by atoms with E-state index in [0.29, 0.717) is 19.3 Å². The van der Waals surface area contributed by atoms with Crippen LogP contribution in [0.2, 0.25) is 0 Å². The van der Waals surface area contributed by atoms with Crippen molar-refractivity contribution in [3.05, 3.63) is 36.5 Å². The van der Waals surface area contributed by atoms with Crippen molar-refractivity contribution in [3.8, 4) is 0 Å². The summed E-state index contributed by atoms with van der Waals surface area (Å²) in [6.07, 6.45) is 31.8. The van der Waals surface area contributed by atoms with Crippen molar-refractivity contribution in [2.24, 2.45) is 0 Å². The molecule has 0 fully saturated rings. The Kier molecular flexibility index (Phi) is 29.8. The fourth-order valence-corrected chi connectivity index (χ4v) is 4.33. The number of allylic oxidation sites excluding steroid dienone is 6. The number of esters is 3. The van der Waals surface area contributed by atoms with Crippen molar-refractivity contribution in [3.63, 3.8) is 0 Å². The minimum atomic E-state index is -0.771. The maximum Gasteiger partial charge on any atom is 0.306 e. The monoisotopic (exact) mass is 590 g/mol. The maximum atomic E-state index is 12.4. The Morgan fingerprint density at radius 1 is 0.500 bits per heavy atom. The van der Waals surface area contributed by atoms with Gasteiger partial charge in [0, 0.05) is 19.3 Å². The van der Waals surface area contributed by atoms with E-state index in [0.717, 1.165) is 89.9 Å². The molecule has 0 aromatic carbocycles. The van der Waals surface area contributed by atoms with E-state index in [1.165, 1.54) is 25.7 Å². The molecular formula is C36H62O6. The molecule has 0 amide bonds. The third kappa shape index (κ3) is 29.1. The van der Waals surface area contributed by atoms with Gasteiger partial charge in [-0.2, -0.15) is 0 Å². The van der Waals surface area contributed by atoms with E-state index in [1.807, 2.05) is 0 Å². The van der Waals surface area contributed by atoms with Gasteiger partial charge in [0.05, 0.1) is 0 Å². The molecule has 0 heterocycles. The van der Waals surface area contributed by atoms with Crippen LogP contribution in [0.1, 0.15) is 156 Å². The maximum absolute atomic E-state index is 12.4. The number of carbonyl (C=O) groups excluding carboxylic acids is 3. The molecule has 1 unspecified atom stereocenters. The van der Waals surface area contributed by atoms with Crippen molar-refractivity contribution in [1.29, 1.82) is 0 Å². The number of unbranched alkanes of at least 4 members (excludes halogenated alkanes) is 12. The molecule has 0 bridgehead atoms. The minimum Gasteiger partial charge on any atom is -0.462 e. The standard InChI is InChI=1S/C36H62O6/c1-4-7-10-13-15-16-17-18-19-20-21-24-26-29-35(38)41-32-33(31-40-34(37)28-25-22-12-9-6-3)42-36(39)30-27-23-14-11-8-5-2/h7,10,15-16,18-19,33H,4-6,8-9,11-14,17,20-32H2,1-3H3/b10-7-,16-15-,19-18-. The van der Waals surface area contributed by atoms with Gasteiger partial charge in [-0.05, 0) is 51.4 Å². The van der Waals surface area contributed by atoms with Crippen LogP contribution >= 0.6 is 0 Å². The summed E-state index contributed by atoms with van der Waals surface area (Å²) in [4.78, 5) is 36.9. The van der Waals surface area contributed by atoms with Crippen molar-refractivity contribution in [2.75, 3.05) is 13.2 Å². The van der Waals surface area contributed by atoms with E-state index >= 15 is 0 Å². The van der Waals surface area contributed by atoms with Crippen molar-refractivity contribution < 1.29 is 28.6 Å². The molecule has 0 aromatic heterocycles. The van der Waals surface area contributed by atoms with Crippen LogP contribution in [-0.4, -0.2) is 37.2 Å². The molecule has 0 saturated carbocycles. The molecular weight excluding hydrogens is 528 g/mol. The summed E-state index contributed by atoms with van der Waals surface area (Å²) in [5, 5.41) is 0. The van der Waals surface area contributed by atoms with E-state index in [1.54, 1.807) is 0 Å². The predicted octanol–water partition coefficient (Wildman–Crippen LogP) is 9.90. The predicted molar refractivity (Wildman–Crippen MR) is 173 cm³/mol. The molecule has 0 spiro atoms. The Balaban J connectivity index is 4.32. The highest BCUT2D eigenvalue weighted by atomic mass is 16.6. The van der Waals surface area contributed by atoms with Crippen LogP contribution in [0, 0.1) is 0 Å². The molecule has 0 aliphatic rings. The lowest BCUT2D eigenvalue weighted by Gasteiger charge is -2.18. The van der Waals surface area contributed by atoms with Crippen LogP contribution in [0.15, 0.2) is 36.5 Å². The van der Waals surface area contributed by atoms with Crippen LogP contribution in [0.3, 0.4) is 0 Å². The first kappa shape index (κ1) is 39.6. The van der Waals surface area contributed by atoms with E-state index in [4.69, 9.17) is 14.2 Å². The Bertz CT molecular complexity index is 739. The lowest BCUT2D eigenvalue weighted by molar-refractivity contribution is -0.167. The van der Waals surface area contributed by atoms with Crippen molar-refractivity contribution >= 4 is 17.9 Å². The second-order valence-corrected chi connectivity index (χ2v) is 11.1. The summed E-state index contributed by atoms with van der Waals surface area (Å²) in [5.74, 6) is -0.949. The molecule has 242 valence electrons. The zero-order chi connectivity index (χ0) is 30.9. The normalized spacial score (nSPS) is 12.4. The molecule has 42 heavy (non-hydrogen) atoms. The Labute approximate surface area is 257 Å². The van der Waals surface area contributed by atoms with E-state index in [9.17, 15) is 14.4 Å². The SMILES string of the molecule is CC/C=C\C/C=C\C/C=C\CCCCCC(=O)OCC(COC(=O)CCCCCCC)OC(=O)CCCCCCCC. The summed E-state index contributed by atoms with van der Waals surface area (Å²) in [7, 11) is 0. The summed E-state index contributed by atoms with van der Waals surface area (Å²) >= 11 is 0. The lowest BCUT2D eigenvalue weighted by atomic mass is 10.1. The molecule has 0 aliphatic carbocycles. The molecule has 1 atom stereocenters. The van der Waals surface area contributed by atoms with Crippen LogP contribution in [-0.2, 0) is 28.6 Å². The number of hydrogen-bond donors (Lipinski definition) is 0. The number of carbonyl (C=O) groups is 3. The Hall–Kier alpha value is -2.37. The first-order valence-electron chi connectivity index (χ1n) is 17.0. The lowest BCUT2D eigenvalue weighted by Crippen LogP contribution is -2.30. The molecule has 0 N–H and O–H groups in total. The van der Waals surface area contributed by atoms with Gasteiger partial charge in [-0.1, -0.05) is 121 Å². The van der Waals surface area contributed by atoms with Crippen molar-refractivity contribution in [1.82, 2.24) is 0 Å². The summed E-state index contributed by atoms with van der Waals surface area (Å²) in [6.45, 7) is 6.30. The molecule has 6 heteroatoms. The van der Waals surface area contributed by atoms with Crippen LogP contribution in [0.5, 0.6) is 0 Å². The minimum absolute atomic E-state index is 0.0831. The van der Waals surface area contributed by atoms with E-state index in [2.05, 4.69) is 57.2 Å². The zero-order valence-electron chi connectivity index (χ0n) is 27.3. The fraction of sp³-hybridized carbons (Fsp3) is 0.750. The van der Waals surface area contributed by atoms with Crippen molar-refractivity contribution in [2.45, 2.75) is 162 Å². The highest BCUT2D eigenvalue weighted by Crippen LogP contribution is 2.11. The first-order chi connectivity index (χ1) is 20.5. The van der Waals surface area contributed by atoms with Gasteiger partial charge in [-0.3, -0.25) is 14.4 Å². The Morgan fingerprint density at radius 2 is 0.929 bits per heavy atom. The van der Waals surface area contributed by atoms with Gasteiger partial charge in [0.15, 0.2) is 6.10 Å². The molecule has 0 saturated heterocycles. The van der Waals surface area contributed by atoms with Gasteiger partial charge in [0.2, 0.25) is 0 Å². The molecule has 0 aliphatic heterocycles. The van der Waals surface area contributed by atoms with Crippen LogP contribution in [0.25, 0.3) is 0 Å². The molecule has 0 radical (unpaired) electrons. The molecule has 0 aromatic rings. The molecule has 0 rings (SSSR count). The summed E-state index contributed by atoms with van der Waals surface area (Å²) in [6, 6.07) is 0. The summed E-state index contributed by atoms with van der Waals surface area (Å²) < 4.78 is 16.3.